The Hall–Kier alpha value is -2.74. The zero-order valence-electron chi connectivity index (χ0n) is 15.4. The second-order valence-electron chi connectivity index (χ2n) is 5.67. The van der Waals surface area contributed by atoms with Crippen LogP contribution in [0.2, 0.25) is 0 Å². The molecule has 0 unspecified atom stereocenters. The first-order valence-electron chi connectivity index (χ1n) is 8.70. The molecule has 2 N–H and O–H groups in total. The van der Waals surface area contributed by atoms with Crippen LogP contribution in [0, 0.1) is 0 Å². The summed E-state index contributed by atoms with van der Waals surface area (Å²) in [7, 11) is -3.72. The maximum atomic E-state index is 12.5. The molecule has 0 spiro atoms. The fourth-order valence-electron chi connectivity index (χ4n) is 2.18. The van der Waals surface area contributed by atoms with E-state index in [1.54, 1.807) is 24.3 Å². The van der Waals surface area contributed by atoms with Crippen molar-refractivity contribution >= 4 is 21.6 Å². The van der Waals surface area contributed by atoms with Gasteiger partial charge in [-0.25, -0.2) is 8.42 Å². The van der Waals surface area contributed by atoms with Gasteiger partial charge in [0.05, 0.1) is 11.5 Å². The molecule has 0 atom stereocenters. The molecule has 0 aliphatic carbocycles. The topological polar surface area (TPSA) is 93.7 Å². The van der Waals surface area contributed by atoms with Gasteiger partial charge in [-0.3, -0.25) is 9.52 Å². The number of nitrogens with one attached hydrogen (secondary N) is 2. The lowest BCUT2D eigenvalue weighted by Crippen LogP contribution is -2.29. The molecule has 1 amide bonds. The number of benzene rings is 2. The number of rotatable bonds is 10. The van der Waals surface area contributed by atoms with Gasteiger partial charge in [0.25, 0.3) is 15.9 Å². The number of carbonyl (C=O) groups excluding carboxylic acids is 1. The van der Waals surface area contributed by atoms with Crippen LogP contribution in [0.4, 0.5) is 5.69 Å². The van der Waals surface area contributed by atoms with E-state index in [-0.39, 0.29) is 17.4 Å². The Morgan fingerprint density at radius 2 is 1.52 bits per heavy atom. The third-order valence-corrected chi connectivity index (χ3v) is 4.89. The molecular formula is C19H24N2O5S. The van der Waals surface area contributed by atoms with Crippen molar-refractivity contribution < 1.29 is 22.7 Å². The van der Waals surface area contributed by atoms with Crippen molar-refractivity contribution in [2.24, 2.45) is 0 Å². The lowest BCUT2D eigenvalue weighted by Gasteiger charge is -2.10. The van der Waals surface area contributed by atoms with Crippen LogP contribution in [0.25, 0.3) is 0 Å². The molecule has 0 saturated carbocycles. The highest BCUT2D eigenvalue weighted by Crippen LogP contribution is 2.21. The predicted molar refractivity (Wildman–Crippen MR) is 104 cm³/mol. The third-order valence-electron chi connectivity index (χ3n) is 3.49. The molecule has 0 aliphatic rings. The second-order valence-corrected chi connectivity index (χ2v) is 7.36. The van der Waals surface area contributed by atoms with E-state index in [2.05, 4.69) is 10.0 Å². The van der Waals surface area contributed by atoms with Gasteiger partial charge >= 0.3 is 0 Å². The summed E-state index contributed by atoms with van der Waals surface area (Å²) in [6.45, 7) is 4.86. The molecule has 0 radical (unpaired) electrons. The van der Waals surface area contributed by atoms with Gasteiger partial charge in [0, 0.05) is 12.2 Å². The van der Waals surface area contributed by atoms with Gasteiger partial charge < -0.3 is 14.8 Å². The van der Waals surface area contributed by atoms with Crippen molar-refractivity contribution in [3.8, 4) is 11.5 Å². The van der Waals surface area contributed by atoms with Crippen molar-refractivity contribution in [1.29, 1.82) is 0 Å². The van der Waals surface area contributed by atoms with E-state index in [0.717, 1.165) is 6.42 Å². The fraction of sp³-hybridized carbons (Fsp3) is 0.316. The molecule has 146 valence electrons. The van der Waals surface area contributed by atoms with Gasteiger partial charge in [-0.15, -0.1) is 0 Å². The minimum Gasteiger partial charge on any atom is -0.494 e. The number of anilines is 1. The molecule has 0 bridgehead atoms. The molecule has 0 fully saturated rings. The van der Waals surface area contributed by atoms with E-state index < -0.39 is 10.0 Å². The van der Waals surface area contributed by atoms with Crippen LogP contribution in [-0.2, 0) is 14.8 Å². The molecule has 8 heteroatoms. The first kappa shape index (κ1) is 20.6. The molecule has 0 saturated heterocycles. The fourth-order valence-corrected chi connectivity index (χ4v) is 3.24. The number of hydrogen-bond acceptors (Lipinski definition) is 5. The minimum absolute atomic E-state index is 0.0965. The summed E-state index contributed by atoms with van der Waals surface area (Å²) in [5.41, 5.74) is 0.436. The zero-order chi connectivity index (χ0) is 19.7. The molecule has 0 aliphatic heterocycles. The summed E-state index contributed by atoms with van der Waals surface area (Å²) < 4.78 is 38.1. The van der Waals surface area contributed by atoms with Gasteiger partial charge in [0.15, 0.2) is 6.61 Å². The first-order chi connectivity index (χ1) is 12.9. The summed E-state index contributed by atoms with van der Waals surface area (Å²) in [5, 5.41) is 2.70. The standard InChI is InChI=1S/C19H24N2O5S/c1-3-13-20-19(22)14-26-17-9-11-18(12-10-17)27(23,24)21-15-5-7-16(8-6-15)25-4-2/h5-12,21H,3-4,13-14H2,1-2H3,(H,20,22). The minimum atomic E-state index is -3.72. The van der Waals surface area contributed by atoms with Gasteiger partial charge in [-0.05, 0) is 61.9 Å². The first-order valence-corrected chi connectivity index (χ1v) is 10.2. The van der Waals surface area contributed by atoms with Crippen LogP contribution in [0.15, 0.2) is 53.4 Å². The quantitative estimate of drug-likeness (QED) is 0.648. The van der Waals surface area contributed by atoms with Crippen LogP contribution >= 0.6 is 0 Å². The molecule has 27 heavy (non-hydrogen) atoms. The molecular weight excluding hydrogens is 368 g/mol. The van der Waals surface area contributed by atoms with E-state index in [4.69, 9.17) is 9.47 Å². The number of hydrogen-bond donors (Lipinski definition) is 2. The van der Waals surface area contributed by atoms with E-state index in [0.29, 0.717) is 30.3 Å². The van der Waals surface area contributed by atoms with E-state index in [9.17, 15) is 13.2 Å². The highest BCUT2D eigenvalue weighted by Gasteiger charge is 2.14. The number of ether oxygens (including phenoxy) is 2. The van der Waals surface area contributed by atoms with Crippen molar-refractivity contribution in [3.05, 3.63) is 48.5 Å². The zero-order valence-corrected chi connectivity index (χ0v) is 16.2. The lowest BCUT2D eigenvalue weighted by atomic mass is 10.3. The largest absolute Gasteiger partial charge is 0.494 e. The van der Waals surface area contributed by atoms with Crippen molar-refractivity contribution in [2.45, 2.75) is 25.2 Å². The average molecular weight is 392 g/mol. The van der Waals surface area contributed by atoms with E-state index in [1.807, 2.05) is 13.8 Å². The van der Waals surface area contributed by atoms with E-state index in [1.165, 1.54) is 24.3 Å². The van der Waals surface area contributed by atoms with Gasteiger partial charge in [-0.2, -0.15) is 0 Å². The van der Waals surface area contributed by atoms with Crippen LogP contribution in [0.3, 0.4) is 0 Å². The Kier molecular flexibility index (Phi) is 7.48. The van der Waals surface area contributed by atoms with Crippen LogP contribution in [0.1, 0.15) is 20.3 Å². The molecule has 2 aromatic rings. The maximum Gasteiger partial charge on any atom is 0.261 e. The monoisotopic (exact) mass is 392 g/mol. The summed E-state index contributed by atoms with van der Waals surface area (Å²) in [6, 6.07) is 12.5. The summed E-state index contributed by atoms with van der Waals surface area (Å²) in [4.78, 5) is 11.6. The Balaban J connectivity index is 1.97. The number of carbonyl (C=O) groups is 1. The van der Waals surface area contributed by atoms with E-state index >= 15 is 0 Å². The van der Waals surface area contributed by atoms with Crippen molar-refractivity contribution in [1.82, 2.24) is 5.32 Å². The Morgan fingerprint density at radius 1 is 0.926 bits per heavy atom. The number of amides is 1. The van der Waals surface area contributed by atoms with Crippen LogP contribution in [0.5, 0.6) is 11.5 Å². The summed E-state index contributed by atoms with van der Waals surface area (Å²) in [6.07, 6.45) is 0.847. The second kappa shape index (κ2) is 9.82. The molecule has 0 heterocycles. The number of sulfonamides is 1. The van der Waals surface area contributed by atoms with Crippen LogP contribution in [-0.4, -0.2) is 34.1 Å². The van der Waals surface area contributed by atoms with Crippen LogP contribution < -0.4 is 19.5 Å². The Labute approximate surface area is 159 Å². The van der Waals surface area contributed by atoms with Crippen molar-refractivity contribution in [3.63, 3.8) is 0 Å². The highest BCUT2D eigenvalue weighted by atomic mass is 32.2. The summed E-state index contributed by atoms with van der Waals surface area (Å²) in [5.74, 6) is 0.873. The SMILES string of the molecule is CCCNC(=O)COc1ccc(S(=O)(=O)Nc2ccc(OCC)cc2)cc1. The molecule has 7 nitrogen and oxygen atoms in total. The normalized spacial score (nSPS) is 10.9. The average Bonchev–Trinajstić information content (AvgIpc) is 2.66. The van der Waals surface area contributed by atoms with Gasteiger partial charge in [-0.1, -0.05) is 6.92 Å². The molecule has 2 rings (SSSR count). The maximum absolute atomic E-state index is 12.5. The molecule has 0 aromatic heterocycles. The third kappa shape index (κ3) is 6.49. The molecule has 2 aromatic carbocycles. The summed E-state index contributed by atoms with van der Waals surface area (Å²) >= 11 is 0. The van der Waals surface area contributed by atoms with Gasteiger partial charge in [0.1, 0.15) is 11.5 Å². The smallest absolute Gasteiger partial charge is 0.261 e. The highest BCUT2D eigenvalue weighted by molar-refractivity contribution is 7.92. The Bertz CT molecular complexity index is 833. The predicted octanol–water partition coefficient (Wildman–Crippen LogP) is 2.79. The Morgan fingerprint density at radius 3 is 2.11 bits per heavy atom. The lowest BCUT2D eigenvalue weighted by molar-refractivity contribution is -0.123. The van der Waals surface area contributed by atoms with Gasteiger partial charge in [0.2, 0.25) is 0 Å². The van der Waals surface area contributed by atoms with Crippen molar-refractivity contribution in [2.75, 3.05) is 24.5 Å².